The summed E-state index contributed by atoms with van der Waals surface area (Å²) in [5, 5.41) is 10.7. The van der Waals surface area contributed by atoms with Gasteiger partial charge in [0.05, 0.1) is 11.6 Å². The number of pyridine rings is 1. The van der Waals surface area contributed by atoms with E-state index in [0.717, 1.165) is 5.39 Å². The Kier molecular flexibility index (Phi) is 5.16. The average Bonchev–Trinajstić information content (AvgIpc) is 2.64. The number of carbonyl (C=O) groups is 1. The lowest BCUT2D eigenvalue weighted by Crippen LogP contribution is -2.23. The fraction of sp³-hybridized carbons (Fsp3) is 0.158. The van der Waals surface area contributed by atoms with Crippen molar-refractivity contribution in [1.29, 1.82) is 0 Å². The molecule has 0 radical (unpaired) electrons. The first-order valence-electron chi connectivity index (χ1n) is 7.75. The van der Waals surface area contributed by atoms with Crippen molar-refractivity contribution >= 4 is 28.2 Å². The third kappa shape index (κ3) is 3.73. The Morgan fingerprint density at radius 2 is 1.96 bits per heavy atom. The molecule has 0 bridgehead atoms. The second-order valence-corrected chi connectivity index (χ2v) is 5.88. The van der Waals surface area contributed by atoms with E-state index in [9.17, 15) is 9.59 Å². The zero-order valence-corrected chi connectivity index (χ0v) is 14.1. The van der Waals surface area contributed by atoms with Crippen molar-refractivity contribution in [1.82, 2.24) is 4.57 Å². The lowest BCUT2D eigenvalue weighted by Gasteiger charge is -2.10. The number of hydrogen-bond donors (Lipinski definition) is 1. The molecule has 0 amide bonds. The molecular weight excluding hydrogens is 342 g/mol. The molecule has 0 fully saturated rings. The predicted molar refractivity (Wildman–Crippen MR) is 96.6 cm³/mol. The van der Waals surface area contributed by atoms with Crippen LogP contribution in [0.4, 0.5) is 0 Å². The van der Waals surface area contributed by atoms with Crippen molar-refractivity contribution in [2.75, 3.05) is 13.2 Å². The summed E-state index contributed by atoms with van der Waals surface area (Å²) < 4.78 is 7.13. The van der Waals surface area contributed by atoms with Crippen LogP contribution in [0.5, 0.6) is 5.75 Å². The topological polar surface area (TPSA) is 68.5 Å². The van der Waals surface area contributed by atoms with E-state index >= 15 is 0 Å². The Morgan fingerprint density at radius 1 is 1.16 bits per heavy atom. The number of hydrogen-bond acceptors (Lipinski definition) is 4. The minimum absolute atomic E-state index is 0.215. The molecule has 0 aliphatic rings. The summed E-state index contributed by atoms with van der Waals surface area (Å²) in [6.45, 7) is 0.0424. The number of rotatable bonds is 6. The van der Waals surface area contributed by atoms with Crippen molar-refractivity contribution < 1.29 is 14.6 Å². The Bertz CT molecular complexity index is 981. The molecule has 25 heavy (non-hydrogen) atoms. The van der Waals surface area contributed by atoms with Gasteiger partial charge in [0.15, 0.2) is 5.78 Å². The first-order valence-corrected chi connectivity index (χ1v) is 8.12. The SMILES string of the molecule is O=C(CO)c1ccc2ccn(CCOc3ccccc3Cl)c(=O)c2c1. The van der Waals surface area contributed by atoms with Gasteiger partial charge in [0, 0.05) is 17.1 Å². The normalized spacial score (nSPS) is 10.8. The number of aliphatic hydroxyl groups excluding tert-OH is 1. The quantitative estimate of drug-likeness (QED) is 0.689. The minimum atomic E-state index is -0.585. The number of ketones is 1. The standard InChI is InChI=1S/C19H16ClNO4/c20-16-3-1-2-4-18(16)25-10-9-21-8-7-13-5-6-14(17(23)12-22)11-15(13)19(21)24/h1-8,11,22H,9-10,12H2. The summed E-state index contributed by atoms with van der Waals surface area (Å²) in [5.41, 5.74) is 0.102. The van der Waals surface area contributed by atoms with Gasteiger partial charge in [0.25, 0.3) is 5.56 Å². The van der Waals surface area contributed by atoms with Gasteiger partial charge in [-0.15, -0.1) is 0 Å². The number of ether oxygens (including phenoxy) is 1. The number of aromatic nitrogens is 1. The van der Waals surface area contributed by atoms with Gasteiger partial charge in [-0.1, -0.05) is 35.9 Å². The summed E-state index contributed by atoms with van der Waals surface area (Å²) in [7, 11) is 0. The monoisotopic (exact) mass is 357 g/mol. The van der Waals surface area contributed by atoms with Crippen LogP contribution in [-0.4, -0.2) is 28.7 Å². The van der Waals surface area contributed by atoms with E-state index in [1.165, 1.54) is 10.6 Å². The Morgan fingerprint density at radius 3 is 2.72 bits per heavy atom. The Hall–Kier alpha value is -2.63. The van der Waals surface area contributed by atoms with Crippen molar-refractivity contribution in [3.63, 3.8) is 0 Å². The summed E-state index contributed by atoms with van der Waals surface area (Å²) in [4.78, 5) is 24.2. The van der Waals surface area contributed by atoms with Crippen LogP contribution < -0.4 is 10.3 Å². The van der Waals surface area contributed by atoms with Crippen LogP contribution in [0.2, 0.25) is 5.02 Å². The average molecular weight is 358 g/mol. The highest BCUT2D eigenvalue weighted by Gasteiger charge is 2.09. The van der Waals surface area contributed by atoms with Crippen LogP contribution in [0.1, 0.15) is 10.4 Å². The summed E-state index contributed by atoms with van der Waals surface area (Å²) in [5.74, 6) is 0.146. The maximum Gasteiger partial charge on any atom is 0.258 e. The van der Waals surface area contributed by atoms with Crippen molar-refractivity contribution in [3.8, 4) is 5.75 Å². The van der Waals surface area contributed by atoms with E-state index in [4.69, 9.17) is 21.4 Å². The van der Waals surface area contributed by atoms with E-state index in [1.807, 2.05) is 12.1 Å². The maximum atomic E-state index is 12.6. The van der Waals surface area contributed by atoms with Gasteiger partial charge >= 0.3 is 0 Å². The van der Waals surface area contributed by atoms with Crippen LogP contribution in [0.15, 0.2) is 59.5 Å². The smallest absolute Gasteiger partial charge is 0.258 e. The molecule has 0 aliphatic heterocycles. The number of benzene rings is 2. The number of aliphatic hydroxyl groups is 1. The predicted octanol–water partition coefficient (Wildman–Crippen LogP) is 2.91. The van der Waals surface area contributed by atoms with E-state index in [0.29, 0.717) is 28.3 Å². The Labute approximate surface area is 149 Å². The van der Waals surface area contributed by atoms with Crippen LogP contribution in [0.3, 0.4) is 0 Å². The maximum absolute atomic E-state index is 12.6. The molecule has 0 saturated carbocycles. The molecular formula is C19H16ClNO4. The molecule has 5 nitrogen and oxygen atoms in total. The van der Waals surface area contributed by atoms with Gasteiger partial charge < -0.3 is 14.4 Å². The van der Waals surface area contributed by atoms with Gasteiger partial charge in [-0.25, -0.2) is 0 Å². The number of fused-ring (bicyclic) bond motifs is 1. The lowest BCUT2D eigenvalue weighted by molar-refractivity contribution is 0.0904. The molecule has 2 aromatic carbocycles. The highest BCUT2D eigenvalue weighted by Crippen LogP contribution is 2.23. The molecule has 0 atom stereocenters. The molecule has 1 N–H and O–H groups in total. The molecule has 3 aromatic rings. The molecule has 0 spiro atoms. The van der Waals surface area contributed by atoms with Gasteiger partial charge in [0.1, 0.15) is 19.0 Å². The summed E-state index contributed by atoms with van der Waals surface area (Å²) >= 11 is 6.03. The molecule has 0 aliphatic carbocycles. The van der Waals surface area contributed by atoms with Crippen LogP contribution in [-0.2, 0) is 6.54 Å². The van der Waals surface area contributed by atoms with Crippen LogP contribution in [0.25, 0.3) is 10.8 Å². The molecule has 6 heteroatoms. The molecule has 0 unspecified atom stereocenters. The number of Topliss-reactive ketones (excluding diaryl/α,β-unsaturated/α-hetero) is 1. The minimum Gasteiger partial charge on any atom is -0.490 e. The van der Waals surface area contributed by atoms with Crippen molar-refractivity contribution in [3.05, 3.63) is 75.7 Å². The Balaban J connectivity index is 1.82. The van der Waals surface area contributed by atoms with Crippen molar-refractivity contribution in [2.24, 2.45) is 0 Å². The number of carbonyl (C=O) groups excluding carboxylic acids is 1. The van der Waals surface area contributed by atoms with Gasteiger partial charge in [0.2, 0.25) is 0 Å². The van der Waals surface area contributed by atoms with E-state index in [2.05, 4.69) is 0 Å². The summed E-state index contributed by atoms with van der Waals surface area (Å²) in [6, 6.07) is 13.8. The molecule has 1 aromatic heterocycles. The summed E-state index contributed by atoms with van der Waals surface area (Å²) in [6.07, 6.45) is 1.69. The van der Waals surface area contributed by atoms with E-state index in [1.54, 1.807) is 36.5 Å². The highest BCUT2D eigenvalue weighted by molar-refractivity contribution is 6.32. The highest BCUT2D eigenvalue weighted by atomic mass is 35.5. The first-order chi connectivity index (χ1) is 12.1. The second kappa shape index (κ2) is 7.51. The van der Waals surface area contributed by atoms with Crippen LogP contribution in [0, 0.1) is 0 Å². The third-order valence-corrected chi connectivity index (χ3v) is 4.18. The lowest BCUT2D eigenvalue weighted by atomic mass is 10.1. The third-order valence-electron chi connectivity index (χ3n) is 3.87. The number of para-hydroxylation sites is 1. The largest absolute Gasteiger partial charge is 0.490 e. The fourth-order valence-corrected chi connectivity index (χ4v) is 2.73. The fourth-order valence-electron chi connectivity index (χ4n) is 2.54. The molecule has 3 rings (SSSR count). The second-order valence-electron chi connectivity index (χ2n) is 5.48. The first kappa shape index (κ1) is 17.2. The molecule has 1 heterocycles. The molecule has 128 valence electrons. The zero-order valence-electron chi connectivity index (χ0n) is 13.3. The number of halogens is 1. The van der Waals surface area contributed by atoms with Crippen LogP contribution >= 0.6 is 11.6 Å². The van der Waals surface area contributed by atoms with Gasteiger partial charge in [-0.3, -0.25) is 9.59 Å². The van der Waals surface area contributed by atoms with Gasteiger partial charge in [-0.2, -0.15) is 0 Å². The van der Waals surface area contributed by atoms with E-state index < -0.39 is 12.4 Å². The molecule has 0 saturated heterocycles. The van der Waals surface area contributed by atoms with Crippen molar-refractivity contribution in [2.45, 2.75) is 6.54 Å². The van der Waals surface area contributed by atoms with E-state index in [-0.39, 0.29) is 12.2 Å². The zero-order chi connectivity index (χ0) is 17.8. The van der Waals surface area contributed by atoms with Gasteiger partial charge in [-0.05, 0) is 29.7 Å². The number of nitrogens with zero attached hydrogens (tertiary/aromatic N) is 1.